The van der Waals surface area contributed by atoms with Crippen molar-refractivity contribution >= 4 is 12.1 Å². The van der Waals surface area contributed by atoms with Crippen LogP contribution < -0.4 is 0 Å². The average Bonchev–Trinajstić information content (AvgIpc) is 2.99. The molecule has 2 aliphatic rings. The molecule has 132 valence electrons. The van der Waals surface area contributed by atoms with Crippen molar-refractivity contribution in [1.82, 2.24) is 14.7 Å². The van der Waals surface area contributed by atoms with Crippen LogP contribution in [0.15, 0.2) is 9.98 Å². The molecule has 2 N–H and O–H groups in total. The van der Waals surface area contributed by atoms with Gasteiger partial charge in [0.05, 0.1) is 25.3 Å². The number of amidine groups is 1. The molecular formula is C16H31N5O2. The van der Waals surface area contributed by atoms with Gasteiger partial charge in [-0.1, -0.05) is 0 Å². The average molecular weight is 325 g/mol. The second-order valence-corrected chi connectivity index (χ2v) is 6.64. The van der Waals surface area contributed by atoms with Gasteiger partial charge in [-0.3, -0.25) is 19.7 Å². The number of aliphatic imine (C=N–C) groups is 2. The molecule has 0 aromatic heterocycles. The summed E-state index contributed by atoms with van der Waals surface area (Å²) in [6, 6.07) is 0. The standard InChI is InChI=1S/C16H31N5O2/c1-14(22)11-19-5-6-20(12-15(2)23)8-10-21(9-7-19)13-16-17-3-4-18-16/h3,14-15,22-23H,4-13H2,1-2H3/t14-,15-/m0/s1. The first-order valence-corrected chi connectivity index (χ1v) is 8.62. The van der Waals surface area contributed by atoms with Crippen LogP contribution in [0.1, 0.15) is 13.8 Å². The summed E-state index contributed by atoms with van der Waals surface area (Å²) in [5, 5.41) is 19.4. The summed E-state index contributed by atoms with van der Waals surface area (Å²) in [7, 11) is 0. The van der Waals surface area contributed by atoms with E-state index >= 15 is 0 Å². The van der Waals surface area contributed by atoms with E-state index in [2.05, 4.69) is 24.7 Å². The summed E-state index contributed by atoms with van der Waals surface area (Å²) in [6.45, 7) is 12.1. The molecule has 0 aromatic rings. The summed E-state index contributed by atoms with van der Waals surface area (Å²) >= 11 is 0. The Kier molecular flexibility index (Phi) is 7.58. The lowest BCUT2D eigenvalue weighted by atomic mass is 10.3. The minimum atomic E-state index is -0.321. The topological polar surface area (TPSA) is 74.9 Å². The van der Waals surface area contributed by atoms with Crippen LogP contribution >= 0.6 is 0 Å². The quantitative estimate of drug-likeness (QED) is 0.665. The molecule has 0 amide bonds. The Morgan fingerprint density at radius 2 is 1.39 bits per heavy atom. The fourth-order valence-electron chi connectivity index (χ4n) is 3.08. The van der Waals surface area contributed by atoms with E-state index in [0.29, 0.717) is 19.6 Å². The molecular weight excluding hydrogens is 294 g/mol. The molecule has 0 unspecified atom stereocenters. The van der Waals surface area contributed by atoms with Gasteiger partial charge in [-0.15, -0.1) is 0 Å². The minimum absolute atomic E-state index is 0.321. The maximum atomic E-state index is 9.70. The molecule has 0 aromatic carbocycles. The number of rotatable bonds is 6. The van der Waals surface area contributed by atoms with E-state index in [1.807, 2.05) is 20.1 Å². The molecule has 1 fully saturated rings. The molecule has 7 nitrogen and oxygen atoms in total. The third-order valence-corrected chi connectivity index (χ3v) is 4.20. The zero-order valence-corrected chi connectivity index (χ0v) is 14.4. The second-order valence-electron chi connectivity index (χ2n) is 6.64. The van der Waals surface area contributed by atoms with Crippen LogP contribution in [0.2, 0.25) is 0 Å². The van der Waals surface area contributed by atoms with Gasteiger partial charge in [0.1, 0.15) is 5.84 Å². The Hall–Kier alpha value is -0.860. The minimum Gasteiger partial charge on any atom is -0.392 e. The fraction of sp³-hybridized carbons (Fsp3) is 0.875. The molecule has 0 bridgehead atoms. The molecule has 7 heteroatoms. The highest BCUT2D eigenvalue weighted by atomic mass is 16.3. The predicted molar refractivity (Wildman–Crippen MR) is 93.5 cm³/mol. The Labute approximate surface area is 139 Å². The maximum absolute atomic E-state index is 9.70. The van der Waals surface area contributed by atoms with Crippen LogP contribution in [0.3, 0.4) is 0 Å². The number of nitrogens with zero attached hydrogens (tertiary/aromatic N) is 5. The van der Waals surface area contributed by atoms with E-state index in [0.717, 1.165) is 51.6 Å². The van der Waals surface area contributed by atoms with Gasteiger partial charge in [0.25, 0.3) is 0 Å². The SMILES string of the molecule is C[C@H](O)CN1CCN(CC2=NCC=N2)CCN(C[C@H](C)O)CC1. The zero-order valence-electron chi connectivity index (χ0n) is 14.4. The number of aliphatic hydroxyl groups excluding tert-OH is 2. The van der Waals surface area contributed by atoms with Crippen LogP contribution in [0.25, 0.3) is 0 Å². The molecule has 2 aliphatic heterocycles. The molecule has 2 rings (SSSR count). The molecule has 0 saturated carbocycles. The Balaban J connectivity index is 1.96. The third-order valence-electron chi connectivity index (χ3n) is 4.20. The van der Waals surface area contributed by atoms with Crippen molar-refractivity contribution in [3.05, 3.63) is 0 Å². The van der Waals surface area contributed by atoms with Crippen molar-refractivity contribution in [3.8, 4) is 0 Å². The Bertz CT molecular complexity index is 389. The van der Waals surface area contributed by atoms with E-state index in [4.69, 9.17) is 0 Å². The summed E-state index contributed by atoms with van der Waals surface area (Å²) in [5.74, 6) is 0.911. The van der Waals surface area contributed by atoms with E-state index in [9.17, 15) is 10.2 Å². The number of hydrogen-bond donors (Lipinski definition) is 2. The molecule has 0 radical (unpaired) electrons. The van der Waals surface area contributed by atoms with Crippen LogP contribution in [0.5, 0.6) is 0 Å². The van der Waals surface area contributed by atoms with Gasteiger partial charge in [-0.2, -0.15) is 0 Å². The Morgan fingerprint density at radius 3 is 1.78 bits per heavy atom. The van der Waals surface area contributed by atoms with E-state index in [-0.39, 0.29) is 12.2 Å². The van der Waals surface area contributed by atoms with E-state index < -0.39 is 0 Å². The lowest BCUT2D eigenvalue weighted by Crippen LogP contribution is -2.41. The maximum Gasteiger partial charge on any atom is 0.137 e. The van der Waals surface area contributed by atoms with Crippen molar-refractivity contribution in [3.63, 3.8) is 0 Å². The summed E-state index contributed by atoms with van der Waals surface area (Å²) < 4.78 is 0. The molecule has 23 heavy (non-hydrogen) atoms. The predicted octanol–water partition coefficient (Wildman–Crippen LogP) is -0.849. The van der Waals surface area contributed by atoms with Gasteiger partial charge < -0.3 is 10.2 Å². The fourth-order valence-corrected chi connectivity index (χ4v) is 3.08. The van der Waals surface area contributed by atoms with E-state index in [1.54, 1.807) is 0 Å². The molecule has 2 atom stereocenters. The summed E-state index contributed by atoms with van der Waals surface area (Å²) in [6.07, 6.45) is 1.21. The van der Waals surface area contributed by atoms with Gasteiger partial charge in [0, 0.05) is 58.6 Å². The van der Waals surface area contributed by atoms with Crippen molar-refractivity contribution < 1.29 is 10.2 Å². The van der Waals surface area contributed by atoms with Gasteiger partial charge >= 0.3 is 0 Å². The zero-order chi connectivity index (χ0) is 16.7. The smallest absolute Gasteiger partial charge is 0.137 e. The van der Waals surface area contributed by atoms with Crippen molar-refractivity contribution in [2.75, 3.05) is 65.4 Å². The highest BCUT2D eigenvalue weighted by molar-refractivity contribution is 5.95. The van der Waals surface area contributed by atoms with Gasteiger partial charge in [0.2, 0.25) is 0 Å². The van der Waals surface area contributed by atoms with Crippen LogP contribution in [0.4, 0.5) is 0 Å². The van der Waals surface area contributed by atoms with Crippen molar-refractivity contribution in [2.24, 2.45) is 9.98 Å². The van der Waals surface area contributed by atoms with Gasteiger partial charge in [-0.05, 0) is 13.8 Å². The highest BCUT2D eigenvalue weighted by Crippen LogP contribution is 2.04. The number of hydrogen-bond acceptors (Lipinski definition) is 7. The first-order chi connectivity index (χ1) is 11.0. The largest absolute Gasteiger partial charge is 0.392 e. The van der Waals surface area contributed by atoms with Gasteiger partial charge in [-0.25, -0.2) is 4.99 Å². The normalized spacial score (nSPS) is 24.8. The van der Waals surface area contributed by atoms with E-state index in [1.165, 1.54) is 0 Å². The van der Waals surface area contributed by atoms with Crippen molar-refractivity contribution in [2.45, 2.75) is 26.1 Å². The van der Waals surface area contributed by atoms with Crippen molar-refractivity contribution in [1.29, 1.82) is 0 Å². The Morgan fingerprint density at radius 1 is 0.913 bits per heavy atom. The number of β-amino-alcohol motifs (C(OH)–C–C–N with tert-alkyl or cyclic N) is 2. The summed E-state index contributed by atoms with van der Waals surface area (Å²) in [5.41, 5.74) is 0. The lowest BCUT2D eigenvalue weighted by Gasteiger charge is -2.27. The molecule has 0 spiro atoms. The summed E-state index contributed by atoms with van der Waals surface area (Å²) in [4.78, 5) is 15.7. The first-order valence-electron chi connectivity index (χ1n) is 8.62. The van der Waals surface area contributed by atoms with Crippen LogP contribution in [0, 0.1) is 0 Å². The molecule has 2 heterocycles. The van der Waals surface area contributed by atoms with Crippen LogP contribution in [-0.4, -0.2) is 115 Å². The monoisotopic (exact) mass is 325 g/mol. The molecule has 0 aliphatic carbocycles. The second kappa shape index (κ2) is 9.44. The third kappa shape index (κ3) is 7.05. The van der Waals surface area contributed by atoms with Gasteiger partial charge in [0.15, 0.2) is 0 Å². The molecule has 1 saturated heterocycles. The lowest BCUT2D eigenvalue weighted by molar-refractivity contribution is 0.102. The highest BCUT2D eigenvalue weighted by Gasteiger charge is 2.19. The number of aliphatic hydroxyl groups is 2. The van der Waals surface area contributed by atoms with Crippen LogP contribution in [-0.2, 0) is 0 Å². The first kappa shape index (κ1) is 18.5.